The molecule has 0 atom stereocenters. The molecule has 26 heavy (non-hydrogen) atoms. The van der Waals surface area contributed by atoms with Crippen LogP contribution in [0.3, 0.4) is 0 Å². The highest BCUT2D eigenvalue weighted by molar-refractivity contribution is 9.10. The third-order valence-corrected chi connectivity index (χ3v) is 4.89. The zero-order valence-corrected chi connectivity index (χ0v) is 16.6. The lowest BCUT2D eigenvalue weighted by atomic mass is 10.1. The molecule has 0 unspecified atom stereocenters. The summed E-state index contributed by atoms with van der Waals surface area (Å²) in [5, 5.41) is 3.23. The number of nitrogens with one attached hydrogen (secondary N) is 1. The Hall–Kier alpha value is -2.05. The molecular weight excluding hydrogens is 420 g/mol. The molecule has 7 heteroatoms. The molecule has 136 valence electrons. The summed E-state index contributed by atoms with van der Waals surface area (Å²) in [5.41, 5.74) is 2.49. The first kappa shape index (κ1) is 18.7. The molecule has 0 aromatic heterocycles. The topological polar surface area (TPSA) is 58.6 Å². The van der Waals surface area contributed by atoms with E-state index in [0.29, 0.717) is 22.9 Å². The van der Waals surface area contributed by atoms with E-state index in [2.05, 4.69) is 21.2 Å². The van der Waals surface area contributed by atoms with Crippen LogP contribution in [0.25, 0.3) is 0 Å². The van der Waals surface area contributed by atoms with Crippen LogP contribution in [0.1, 0.15) is 18.4 Å². The van der Waals surface area contributed by atoms with Crippen molar-refractivity contribution in [2.24, 2.45) is 0 Å². The minimum Gasteiger partial charge on any atom is -0.482 e. The van der Waals surface area contributed by atoms with Crippen molar-refractivity contribution in [2.45, 2.75) is 19.8 Å². The fourth-order valence-corrected chi connectivity index (χ4v) is 3.60. The van der Waals surface area contributed by atoms with Crippen LogP contribution in [-0.2, 0) is 9.59 Å². The number of rotatable bonds is 5. The molecule has 0 saturated carbocycles. The van der Waals surface area contributed by atoms with Gasteiger partial charge in [-0.25, -0.2) is 0 Å². The van der Waals surface area contributed by atoms with E-state index in [-0.39, 0.29) is 18.4 Å². The van der Waals surface area contributed by atoms with E-state index in [9.17, 15) is 9.59 Å². The first-order valence-corrected chi connectivity index (χ1v) is 9.40. The number of hydrogen-bond acceptors (Lipinski definition) is 3. The third kappa shape index (κ3) is 4.37. The van der Waals surface area contributed by atoms with Crippen LogP contribution in [0.5, 0.6) is 5.75 Å². The van der Waals surface area contributed by atoms with Gasteiger partial charge in [0.1, 0.15) is 5.75 Å². The van der Waals surface area contributed by atoms with Gasteiger partial charge in [-0.1, -0.05) is 27.5 Å². The van der Waals surface area contributed by atoms with Gasteiger partial charge in [-0.15, -0.1) is 0 Å². The highest BCUT2D eigenvalue weighted by Crippen LogP contribution is 2.29. The maximum absolute atomic E-state index is 12.1. The minimum absolute atomic E-state index is 0.143. The van der Waals surface area contributed by atoms with Crippen LogP contribution >= 0.6 is 27.5 Å². The van der Waals surface area contributed by atoms with E-state index in [0.717, 1.165) is 28.7 Å². The van der Waals surface area contributed by atoms with Gasteiger partial charge in [-0.2, -0.15) is 0 Å². The number of anilines is 2. The van der Waals surface area contributed by atoms with Crippen molar-refractivity contribution in [1.82, 2.24) is 0 Å². The van der Waals surface area contributed by atoms with Gasteiger partial charge >= 0.3 is 0 Å². The van der Waals surface area contributed by atoms with Gasteiger partial charge in [0.15, 0.2) is 6.61 Å². The zero-order chi connectivity index (χ0) is 18.7. The van der Waals surface area contributed by atoms with E-state index in [1.165, 1.54) is 0 Å². The Kier molecular flexibility index (Phi) is 5.84. The Morgan fingerprint density at radius 2 is 2.12 bits per heavy atom. The number of carbonyl (C=O) groups is 2. The van der Waals surface area contributed by atoms with E-state index >= 15 is 0 Å². The van der Waals surface area contributed by atoms with Crippen LogP contribution in [0, 0.1) is 6.92 Å². The fraction of sp³-hybridized carbons (Fsp3) is 0.263. The van der Waals surface area contributed by atoms with Gasteiger partial charge in [0.2, 0.25) is 5.91 Å². The van der Waals surface area contributed by atoms with Crippen LogP contribution in [-0.4, -0.2) is 25.0 Å². The molecule has 0 bridgehead atoms. The molecule has 2 aromatic rings. The van der Waals surface area contributed by atoms with Crippen molar-refractivity contribution < 1.29 is 14.3 Å². The summed E-state index contributed by atoms with van der Waals surface area (Å²) in [5.74, 6) is 0.308. The molecule has 3 rings (SSSR count). The van der Waals surface area contributed by atoms with Gasteiger partial charge in [-0.05, 0) is 55.3 Å². The summed E-state index contributed by atoms with van der Waals surface area (Å²) in [6, 6.07) is 10.7. The number of ether oxygens (including phenoxy) is 1. The lowest BCUT2D eigenvalue weighted by molar-refractivity contribution is -0.118. The number of halogens is 2. The molecule has 0 aliphatic carbocycles. The second kappa shape index (κ2) is 8.10. The molecule has 2 aromatic carbocycles. The Morgan fingerprint density at radius 1 is 1.31 bits per heavy atom. The van der Waals surface area contributed by atoms with E-state index < -0.39 is 0 Å². The van der Waals surface area contributed by atoms with Crippen molar-refractivity contribution in [3.8, 4) is 5.75 Å². The van der Waals surface area contributed by atoms with Crippen molar-refractivity contribution in [2.75, 3.05) is 23.4 Å². The molecule has 2 amide bonds. The Morgan fingerprint density at radius 3 is 2.77 bits per heavy atom. The lowest BCUT2D eigenvalue weighted by Gasteiger charge is -2.19. The average Bonchev–Trinajstić information content (AvgIpc) is 3.00. The summed E-state index contributed by atoms with van der Waals surface area (Å²) >= 11 is 9.38. The smallest absolute Gasteiger partial charge is 0.262 e. The van der Waals surface area contributed by atoms with Crippen molar-refractivity contribution >= 4 is 50.7 Å². The summed E-state index contributed by atoms with van der Waals surface area (Å²) in [7, 11) is 0. The molecule has 0 spiro atoms. The normalized spacial score (nSPS) is 13.8. The van der Waals surface area contributed by atoms with Gasteiger partial charge in [0.25, 0.3) is 5.91 Å². The second-order valence-electron chi connectivity index (χ2n) is 6.06. The third-order valence-electron chi connectivity index (χ3n) is 4.10. The Labute approximate surface area is 165 Å². The number of carbonyl (C=O) groups excluding carboxylic acids is 2. The molecule has 1 aliphatic heterocycles. The van der Waals surface area contributed by atoms with Gasteiger partial charge in [0, 0.05) is 28.8 Å². The first-order chi connectivity index (χ1) is 12.4. The molecule has 1 fully saturated rings. The number of nitrogens with zero attached hydrogens (tertiary/aromatic N) is 1. The largest absolute Gasteiger partial charge is 0.482 e. The molecule has 1 saturated heterocycles. The van der Waals surface area contributed by atoms with Crippen molar-refractivity contribution in [3.05, 3.63) is 51.5 Å². The lowest BCUT2D eigenvalue weighted by Crippen LogP contribution is -2.24. The van der Waals surface area contributed by atoms with Gasteiger partial charge in [-0.3, -0.25) is 9.59 Å². The highest BCUT2D eigenvalue weighted by Gasteiger charge is 2.23. The van der Waals surface area contributed by atoms with Crippen molar-refractivity contribution in [1.29, 1.82) is 0 Å². The molecule has 0 radical (unpaired) electrons. The number of aryl methyl sites for hydroxylation is 1. The zero-order valence-electron chi connectivity index (χ0n) is 14.2. The molecular formula is C19H18BrClN2O3. The Balaban J connectivity index is 1.60. The molecule has 1 aliphatic rings. The summed E-state index contributed by atoms with van der Waals surface area (Å²) in [6.45, 7) is 2.52. The van der Waals surface area contributed by atoms with Crippen LogP contribution < -0.4 is 15.0 Å². The summed E-state index contributed by atoms with van der Waals surface area (Å²) < 4.78 is 6.30. The minimum atomic E-state index is -0.284. The average molecular weight is 438 g/mol. The van der Waals surface area contributed by atoms with E-state index in [4.69, 9.17) is 16.3 Å². The van der Waals surface area contributed by atoms with Crippen LogP contribution in [0.2, 0.25) is 5.02 Å². The summed E-state index contributed by atoms with van der Waals surface area (Å²) in [4.78, 5) is 25.8. The molecule has 1 N–H and O–H groups in total. The van der Waals surface area contributed by atoms with E-state index in [1.54, 1.807) is 29.2 Å². The van der Waals surface area contributed by atoms with Crippen LogP contribution in [0.15, 0.2) is 40.9 Å². The van der Waals surface area contributed by atoms with Gasteiger partial charge in [0.05, 0.1) is 5.02 Å². The van der Waals surface area contributed by atoms with Crippen LogP contribution in [0.4, 0.5) is 11.4 Å². The highest BCUT2D eigenvalue weighted by atomic mass is 79.9. The Bertz CT molecular complexity index is 857. The monoisotopic (exact) mass is 436 g/mol. The first-order valence-electron chi connectivity index (χ1n) is 8.23. The fourth-order valence-electron chi connectivity index (χ4n) is 2.87. The number of amides is 2. The quantitative estimate of drug-likeness (QED) is 0.746. The number of hydrogen-bond donors (Lipinski definition) is 1. The predicted octanol–water partition coefficient (Wildman–Crippen LogP) is 4.56. The summed E-state index contributed by atoms with van der Waals surface area (Å²) in [6.07, 6.45) is 1.47. The standard InChI is InChI=1S/C19H18BrClN2O3/c1-12-9-14(5-6-16(12)23-8-2-3-19(23)25)22-18(24)11-26-17-7-4-13(20)10-15(17)21/h4-7,9-10H,2-3,8,11H2,1H3,(H,22,24). The van der Waals surface area contributed by atoms with E-state index in [1.807, 2.05) is 19.1 Å². The van der Waals surface area contributed by atoms with Gasteiger partial charge < -0.3 is 15.0 Å². The molecule has 1 heterocycles. The maximum atomic E-state index is 12.1. The SMILES string of the molecule is Cc1cc(NC(=O)COc2ccc(Br)cc2Cl)ccc1N1CCCC1=O. The second-order valence-corrected chi connectivity index (χ2v) is 7.38. The predicted molar refractivity (Wildman–Crippen MR) is 106 cm³/mol. The maximum Gasteiger partial charge on any atom is 0.262 e. The number of benzene rings is 2. The molecule has 5 nitrogen and oxygen atoms in total. The van der Waals surface area contributed by atoms with Crippen molar-refractivity contribution in [3.63, 3.8) is 0 Å².